The number of carbonyl (C=O) groups is 2. The van der Waals surface area contributed by atoms with E-state index in [1.807, 2.05) is 5.38 Å². The Labute approximate surface area is 140 Å². The minimum atomic E-state index is -0.828. The lowest BCUT2D eigenvalue weighted by atomic mass is 9.88. The number of likely N-dealkylation sites (tertiary alicyclic amines) is 1. The molecule has 2 heterocycles. The second-order valence-electron chi connectivity index (χ2n) is 7.49. The number of carboxylic acid groups (broad SMARTS) is 1. The molecule has 4 rings (SSSR count). The van der Waals surface area contributed by atoms with Gasteiger partial charge in [-0.3, -0.25) is 4.79 Å². The first-order valence-electron chi connectivity index (χ1n) is 8.69. The minimum Gasteiger partial charge on any atom is -0.480 e. The summed E-state index contributed by atoms with van der Waals surface area (Å²) in [5.74, 6) is 0.354. The molecule has 0 spiro atoms. The number of carbonyl (C=O) groups excluding carboxylic acids is 1. The van der Waals surface area contributed by atoms with E-state index >= 15 is 0 Å². The number of nitrogens with zero attached hydrogens (tertiary/aromatic N) is 1. The van der Waals surface area contributed by atoms with Crippen molar-refractivity contribution >= 4 is 23.2 Å². The van der Waals surface area contributed by atoms with Gasteiger partial charge in [0, 0.05) is 16.8 Å². The normalized spacial score (nSPS) is 32.7. The molecule has 124 valence electrons. The molecule has 5 heteroatoms. The summed E-state index contributed by atoms with van der Waals surface area (Å²) in [5, 5.41) is 11.6. The van der Waals surface area contributed by atoms with E-state index < -0.39 is 12.0 Å². The number of rotatable bonds is 2. The van der Waals surface area contributed by atoms with Crippen LogP contribution in [0.25, 0.3) is 0 Å². The van der Waals surface area contributed by atoms with Gasteiger partial charge in [-0.2, -0.15) is 0 Å². The zero-order valence-electron chi connectivity index (χ0n) is 13.5. The maximum absolute atomic E-state index is 13.1. The van der Waals surface area contributed by atoms with Gasteiger partial charge in [0.25, 0.3) is 5.91 Å². The minimum absolute atomic E-state index is 0.0427. The first-order valence-corrected chi connectivity index (χ1v) is 9.57. The van der Waals surface area contributed by atoms with Crippen LogP contribution in [0.2, 0.25) is 0 Å². The van der Waals surface area contributed by atoms with Crippen molar-refractivity contribution < 1.29 is 14.7 Å². The summed E-state index contributed by atoms with van der Waals surface area (Å²) in [6, 6.07) is -0.618. The van der Waals surface area contributed by atoms with E-state index in [9.17, 15) is 14.7 Å². The molecule has 1 saturated heterocycles. The van der Waals surface area contributed by atoms with Crippen molar-refractivity contribution in [2.24, 2.45) is 17.8 Å². The van der Waals surface area contributed by atoms with Crippen molar-refractivity contribution in [1.82, 2.24) is 4.90 Å². The molecule has 3 aliphatic rings. The first-order chi connectivity index (χ1) is 11.1. The maximum Gasteiger partial charge on any atom is 0.326 e. The smallest absolute Gasteiger partial charge is 0.326 e. The molecule has 0 aromatic carbocycles. The molecule has 1 amide bonds. The van der Waals surface area contributed by atoms with Gasteiger partial charge in [-0.1, -0.05) is 13.3 Å². The lowest BCUT2D eigenvalue weighted by Gasteiger charge is -2.25. The quantitative estimate of drug-likeness (QED) is 0.904. The van der Waals surface area contributed by atoms with Crippen LogP contribution in [-0.2, 0) is 17.6 Å². The van der Waals surface area contributed by atoms with Crippen LogP contribution < -0.4 is 0 Å². The molecule has 0 radical (unpaired) electrons. The predicted octanol–water partition coefficient (Wildman–Crippen LogP) is 3.20. The molecule has 4 nitrogen and oxygen atoms in total. The van der Waals surface area contributed by atoms with E-state index in [0.717, 1.165) is 44.1 Å². The fourth-order valence-electron chi connectivity index (χ4n) is 4.84. The number of hydrogen-bond donors (Lipinski definition) is 1. The van der Waals surface area contributed by atoms with Gasteiger partial charge in [-0.05, 0) is 55.4 Å². The van der Waals surface area contributed by atoms with Crippen molar-refractivity contribution in [1.29, 1.82) is 0 Å². The highest BCUT2D eigenvalue weighted by molar-refractivity contribution is 7.10. The van der Waals surface area contributed by atoms with Crippen molar-refractivity contribution in [3.05, 3.63) is 21.4 Å². The Morgan fingerprint density at radius 2 is 2.13 bits per heavy atom. The van der Waals surface area contributed by atoms with Crippen LogP contribution in [0.3, 0.4) is 0 Å². The van der Waals surface area contributed by atoms with Gasteiger partial charge in [0.05, 0.1) is 5.56 Å². The molecular weight excluding hydrogens is 310 g/mol. The van der Waals surface area contributed by atoms with Gasteiger partial charge in [0.15, 0.2) is 0 Å². The zero-order valence-corrected chi connectivity index (χ0v) is 14.3. The van der Waals surface area contributed by atoms with Gasteiger partial charge >= 0.3 is 5.97 Å². The summed E-state index contributed by atoms with van der Waals surface area (Å²) in [5.41, 5.74) is 1.97. The number of amides is 1. The number of fused-ring (bicyclic) bond motifs is 2. The maximum atomic E-state index is 13.1. The molecule has 1 N–H and O–H groups in total. The second-order valence-corrected chi connectivity index (χ2v) is 8.46. The van der Waals surface area contributed by atoms with E-state index in [0.29, 0.717) is 18.4 Å². The Hall–Kier alpha value is -1.36. The molecule has 1 saturated carbocycles. The molecule has 0 bridgehead atoms. The van der Waals surface area contributed by atoms with Crippen LogP contribution in [0, 0.1) is 17.8 Å². The SMILES string of the molecule is CC1CCc2c(C(=O)N3CC4CCCC4C3C(=O)O)csc2C1. The molecule has 2 aliphatic carbocycles. The summed E-state index contributed by atoms with van der Waals surface area (Å²) in [6.45, 7) is 2.88. The van der Waals surface area contributed by atoms with Gasteiger partial charge in [0.1, 0.15) is 6.04 Å². The zero-order chi connectivity index (χ0) is 16.1. The fraction of sp³-hybridized carbons (Fsp3) is 0.667. The number of aliphatic carboxylic acids is 1. The van der Waals surface area contributed by atoms with Crippen LogP contribution in [0.4, 0.5) is 0 Å². The van der Waals surface area contributed by atoms with Crippen LogP contribution in [0.15, 0.2) is 5.38 Å². The number of thiophene rings is 1. The molecule has 4 atom stereocenters. The van der Waals surface area contributed by atoms with Crippen molar-refractivity contribution in [3.63, 3.8) is 0 Å². The van der Waals surface area contributed by atoms with Crippen LogP contribution in [-0.4, -0.2) is 34.5 Å². The topological polar surface area (TPSA) is 57.6 Å². The van der Waals surface area contributed by atoms with Crippen LogP contribution >= 0.6 is 11.3 Å². The molecule has 4 unspecified atom stereocenters. The third kappa shape index (κ3) is 2.40. The molecule has 1 aromatic rings. The Kier molecular flexibility index (Phi) is 3.71. The van der Waals surface area contributed by atoms with E-state index in [1.165, 1.54) is 10.4 Å². The lowest BCUT2D eigenvalue weighted by Crippen LogP contribution is -2.43. The highest BCUT2D eigenvalue weighted by atomic mass is 32.1. The van der Waals surface area contributed by atoms with Gasteiger partial charge < -0.3 is 10.0 Å². The third-order valence-electron chi connectivity index (χ3n) is 6.04. The summed E-state index contributed by atoms with van der Waals surface area (Å²) in [7, 11) is 0. The molecule has 1 aromatic heterocycles. The summed E-state index contributed by atoms with van der Waals surface area (Å²) in [6.07, 6.45) is 6.26. The highest BCUT2D eigenvalue weighted by Gasteiger charge is 2.50. The fourth-order valence-corrected chi connectivity index (χ4v) is 6.08. The third-order valence-corrected chi connectivity index (χ3v) is 7.09. The van der Waals surface area contributed by atoms with E-state index in [1.54, 1.807) is 16.2 Å². The van der Waals surface area contributed by atoms with Crippen LogP contribution in [0.5, 0.6) is 0 Å². The average molecular weight is 333 g/mol. The molecule has 23 heavy (non-hydrogen) atoms. The first kappa shape index (κ1) is 15.2. The van der Waals surface area contributed by atoms with Gasteiger partial charge in [0.2, 0.25) is 0 Å². The highest BCUT2D eigenvalue weighted by Crippen LogP contribution is 2.43. The largest absolute Gasteiger partial charge is 0.480 e. The van der Waals surface area contributed by atoms with Gasteiger partial charge in [-0.15, -0.1) is 11.3 Å². The van der Waals surface area contributed by atoms with Crippen LogP contribution in [0.1, 0.15) is 53.4 Å². The standard InChI is InChI=1S/C18H23NO3S/c1-10-5-6-13-14(9-23-15(13)7-10)17(20)19-8-11-3-2-4-12(11)16(19)18(21)22/h9-12,16H,2-8H2,1H3,(H,21,22). The Morgan fingerprint density at radius 1 is 1.30 bits per heavy atom. The molecule has 1 aliphatic heterocycles. The van der Waals surface area contributed by atoms with E-state index in [-0.39, 0.29) is 11.8 Å². The Balaban J connectivity index is 1.63. The Morgan fingerprint density at radius 3 is 2.91 bits per heavy atom. The summed E-state index contributed by atoms with van der Waals surface area (Å²) < 4.78 is 0. The Bertz CT molecular complexity index is 653. The monoisotopic (exact) mass is 333 g/mol. The molecular formula is C18H23NO3S. The molecule has 2 fully saturated rings. The van der Waals surface area contributed by atoms with E-state index in [4.69, 9.17) is 0 Å². The summed E-state index contributed by atoms with van der Waals surface area (Å²) >= 11 is 1.68. The van der Waals surface area contributed by atoms with Crippen molar-refractivity contribution in [2.45, 2.75) is 51.5 Å². The lowest BCUT2D eigenvalue weighted by molar-refractivity contribution is -0.142. The second kappa shape index (κ2) is 5.62. The van der Waals surface area contributed by atoms with E-state index in [2.05, 4.69) is 6.92 Å². The summed E-state index contributed by atoms with van der Waals surface area (Å²) in [4.78, 5) is 27.8. The van der Waals surface area contributed by atoms with Crippen molar-refractivity contribution in [2.75, 3.05) is 6.54 Å². The van der Waals surface area contributed by atoms with Gasteiger partial charge in [-0.25, -0.2) is 4.79 Å². The average Bonchev–Trinajstić information content (AvgIpc) is 3.18. The van der Waals surface area contributed by atoms with Crippen molar-refractivity contribution in [3.8, 4) is 0 Å². The number of carboxylic acids is 1. The predicted molar refractivity (Wildman–Crippen MR) is 88.8 cm³/mol. The number of hydrogen-bond acceptors (Lipinski definition) is 3.